The number of hydrogen-bond donors (Lipinski definition) is 1. The third-order valence-electron chi connectivity index (χ3n) is 2.30. The minimum Gasteiger partial charge on any atom is -0.441 e. The average molecular weight is 254 g/mol. The number of ether oxygens (including phenoxy) is 1. The van der Waals surface area contributed by atoms with E-state index in [4.69, 9.17) is 4.74 Å². The van der Waals surface area contributed by atoms with Crippen molar-refractivity contribution in [3.05, 3.63) is 28.1 Å². The van der Waals surface area contributed by atoms with Crippen molar-refractivity contribution in [3.8, 4) is 0 Å². The van der Waals surface area contributed by atoms with Crippen LogP contribution in [0.5, 0.6) is 0 Å². The van der Waals surface area contributed by atoms with Crippen molar-refractivity contribution in [2.24, 2.45) is 7.05 Å². The maximum Gasteiger partial charge on any atom is 0.435 e. The highest BCUT2D eigenvalue weighted by molar-refractivity contribution is 5.67. The van der Waals surface area contributed by atoms with Crippen LogP contribution in [-0.2, 0) is 18.4 Å². The highest BCUT2D eigenvalue weighted by atomic mass is 16.6. The molecule has 0 fully saturated rings. The molecule has 0 radical (unpaired) electrons. The number of amides is 1. The molecule has 0 aliphatic rings. The van der Waals surface area contributed by atoms with Crippen molar-refractivity contribution in [1.82, 2.24) is 14.9 Å². The number of hydrogen-bond acceptors (Lipinski definition) is 5. The smallest absolute Gasteiger partial charge is 0.435 e. The van der Waals surface area contributed by atoms with E-state index in [-0.39, 0.29) is 12.6 Å². The van der Waals surface area contributed by atoms with Crippen LogP contribution in [0.25, 0.3) is 5.57 Å². The lowest BCUT2D eigenvalue weighted by Crippen LogP contribution is -2.19. The molecule has 0 aromatic carbocycles. The van der Waals surface area contributed by atoms with Gasteiger partial charge in [-0.1, -0.05) is 11.6 Å². The van der Waals surface area contributed by atoms with Crippen molar-refractivity contribution in [1.29, 1.82) is 0 Å². The van der Waals surface area contributed by atoms with Gasteiger partial charge in [0.25, 0.3) is 0 Å². The molecule has 0 saturated heterocycles. The van der Waals surface area contributed by atoms with Gasteiger partial charge in [-0.05, 0) is 17.4 Å². The minimum atomic E-state index is -0.619. The van der Waals surface area contributed by atoms with E-state index in [0.29, 0.717) is 17.0 Å². The van der Waals surface area contributed by atoms with E-state index < -0.39 is 11.0 Å². The molecular formula is C10H14N4O4. The lowest BCUT2D eigenvalue weighted by atomic mass is 10.2. The van der Waals surface area contributed by atoms with Crippen LogP contribution in [0.1, 0.15) is 18.3 Å². The first-order chi connectivity index (χ1) is 8.38. The summed E-state index contributed by atoms with van der Waals surface area (Å²) in [5.41, 5.74) is 1.36. The number of rotatable bonds is 4. The number of aromatic nitrogens is 2. The predicted octanol–water partition coefficient (Wildman–Crippen LogP) is 1.22. The molecular weight excluding hydrogens is 240 g/mol. The van der Waals surface area contributed by atoms with Crippen LogP contribution in [0.3, 0.4) is 0 Å². The molecule has 0 atom stereocenters. The number of alkyl carbamates (subject to hydrolysis) is 1. The van der Waals surface area contributed by atoms with E-state index in [0.717, 1.165) is 0 Å². The van der Waals surface area contributed by atoms with Crippen molar-refractivity contribution >= 4 is 17.6 Å². The Morgan fingerprint density at radius 1 is 1.67 bits per heavy atom. The van der Waals surface area contributed by atoms with Crippen molar-refractivity contribution in [2.45, 2.75) is 13.5 Å². The van der Waals surface area contributed by atoms with Gasteiger partial charge in [0.2, 0.25) is 0 Å². The number of allylic oxidation sites excluding steroid dienone is 1. The van der Waals surface area contributed by atoms with Crippen LogP contribution in [0.2, 0.25) is 0 Å². The van der Waals surface area contributed by atoms with E-state index in [9.17, 15) is 14.9 Å². The van der Waals surface area contributed by atoms with Crippen LogP contribution in [0.15, 0.2) is 6.58 Å². The zero-order valence-corrected chi connectivity index (χ0v) is 10.4. The molecule has 0 unspecified atom stereocenters. The molecule has 8 heteroatoms. The lowest BCUT2D eigenvalue weighted by Gasteiger charge is -2.04. The largest absolute Gasteiger partial charge is 0.441 e. The van der Waals surface area contributed by atoms with Gasteiger partial charge in [-0.3, -0.25) is 0 Å². The van der Waals surface area contributed by atoms with Gasteiger partial charge in [-0.2, -0.15) is 0 Å². The number of nitrogens with one attached hydrogen (secondary N) is 1. The fourth-order valence-electron chi connectivity index (χ4n) is 1.40. The molecule has 0 saturated carbocycles. The third kappa shape index (κ3) is 2.65. The molecule has 0 aliphatic carbocycles. The molecule has 8 nitrogen and oxygen atoms in total. The van der Waals surface area contributed by atoms with E-state index in [2.05, 4.69) is 16.9 Å². The third-order valence-corrected chi connectivity index (χ3v) is 2.30. The minimum absolute atomic E-state index is 0.112. The first kappa shape index (κ1) is 13.7. The fraction of sp³-hybridized carbons (Fsp3) is 0.400. The van der Waals surface area contributed by atoms with Crippen LogP contribution >= 0.6 is 0 Å². The Kier molecular flexibility index (Phi) is 4.03. The van der Waals surface area contributed by atoms with Gasteiger partial charge < -0.3 is 20.2 Å². The van der Waals surface area contributed by atoms with Gasteiger partial charge in [0.15, 0.2) is 18.0 Å². The SMILES string of the molecule is C=C(C)c1nc([N+](=O)[O-])n(C)c1COC(=O)NC. The maximum atomic E-state index is 11.0. The monoisotopic (exact) mass is 254 g/mol. The molecule has 1 aromatic heterocycles. The summed E-state index contributed by atoms with van der Waals surface area (Å²) < 4.78 is 6.14. The highest BCUT2D eigenvalue weighted by Gasteiger charge is 2.26. The molecule has 0 spiro atoms. The molecule has 0 bridgehead atoms. The molecule has 0 aliphatic heterocycles. The van der Waals surface area contributed by atoms with E-state index in [1.807, 2.05) is 0 Å². The Morgan fingerprint density at radius 2 is 2.28 bits per heavy atom. The fourth-order valence-corrected chi connectivity index (χ4v) is 1.40. The zero-order chi connectivity index (χ0) is 13.9. The quantitative estimate of drug-likeness (QED) is 0.643. The molecule has 1 N–H and O–H groups in total. The average Bonchev–Trinajstić information content (AvgIpc) is 2.63. The van der Waals surface area contributed by atoms with Gasteiger partial charge in [-0.15, -0.1) is 0 Å². The number of nitro groups is 1. The molecule has 98 valence electrons. The highest BCUT2D eigenvalue weighted by Crippen LogP contribution is 2.22. The Morgan fingerprint density at radius 3 is 2.72 bits per heavy atom. The molecule has 18 heavy (non-hydrogen) atoms. The first-order valence-corrected chi connectivity index (χ1v) is 5.08. The lowest BCUT2D eigenvalue weighted by molar-refractivity contribution is -0.396. The van der Waals surface area contributed by atoms with Gasteiger partial charge in [0, 0.05) is 7.05 Å². The topological polar surface area (TPSA) is 99.3 Å². The maximum absolute atomic E-state index is 11.0. The van der Waals surface area contributed by atoms with Crippen molar-refractivity contribution in [2.75, 3.05) is 7.05 Å². The summed E-state index contributed by atoms with van der Waals surface area (Å²) in [4.78, 5) is 25.0. The summed E-state index contributed by atoms with van der Waals surface area (Å²) >= 11 is 0. The van der Waals surface area contributed by atoms with Gasteiger partial charge in [0.05, 0.1) is 7.05 Å². The standard InChI is InChI=1S/C10H14N4O4/c1-6(2)8-7(5-18-10(15)11-3)13(4)9(12-8)14(16)17/h1,5H2,2-4H3,(H,11,15). The second-order valence-corrected chi connectivity index (χ2v) is 3.63. The molecule has 1 aromatic rings. The predicted molar refractivity (Wildman–Crippen MR) is 63.8 cm³/mol. The van der Waals surface area contributed by atoms with Crippen LogP contribution in [0.4, 0.5) is 10.7 Å². The normalized spacial score (nSPS) is 9.94. The number of carbonyl (C=O) groups is 1. The summed E-state index contributed by atoms with van der Waals surface area (Å²) in [7, 11) is 2.91. The summed E-state index contributed by atoms with van der Waals surface area (Å²) in [6, 6.07) is 0. The Balaban J connectivity index is 3.11. The van der Waals surface area contributed by atoms with E-state index in [1.165, 1.54) is 18.7 Å². The van der Waals surface area contributed by atoms with E-state index in [1.54, 1.807) is 6.92 Å². The molecule has 1 heterocycles. The second-order valence-electron chi connectivity index (χ2n) is 3.63. The van der Waals surface area contributed by atoms with Gasteiger partial charge in [0.1, 0.15) is 0 Å². The van der Waals surface area contributed by atoms with Crippen molar-refractivity contribution < 1.29 is 14.5 Å². The zero-order valence-electron chi connectivity index (χ0n) is 10.4. The second kappa shape index (κ2) is 5.30. The Labute approximate surface area is 103 Å². The van der Waals surface area contributed by atoms with Crippen LogP contribution < -0.4 is 5.32 Å². The summed E-state index contributed by atoms with van der Waals surface area (Å²) in [6.07, 6.45) is -0.619. The summed E-state index contributed by atoms with van der Waals surface area (Å²) in [5, 5.41) is 13.1. The summed E-state index contributed by atoms with van der Waals surface area (Å²) in [6.45, 7) is 5.26. The number of imidazole rings is 1. The molecule has 1 amide bonds. The first-order valence-electron chi connectivity index (χ1n) is 5.08. The van der Waals surface area contributed by atoms with Crippen molar-refractivity contribution in [3.63, 3.8) is 0 Å². The van der Waals surface area contributed by atoms with Gasteiger partial charge in [-0.25, -0.2) is 9.36 Å². The van der Waals surface area contributed by atoms with Crippen LogP contribution in [-0.4, -0.2) is 27.6 Å². The molecule has 1 rings (SSSR count). The number of nitrogens with zero attached hydrogens (tertiary/aromatic N) is 3. The van der Waals surface area contributed by atoms with Crippen LogP contribution in [0, 0.1) is 10.1 Å². The number of carbonyl (C=O) groups excluding carboxylic acids is 1. The van der Waals surface area contributed by atoms with E-state index >= 15 is 0 Å². The summed E-state index contributed by atoms with van der Waals surface area (Å²) in [5.74, 6) is -0.316. The Hall–Kier alpha value is -2.38. The Bertz CT molecular complexity index is 506. The van der Waals surface area contributed by atoms with Gasteiger partial charge >= 0.3 is 12.0 Å².